The van der Waals surface area contributed by atoms with Crippen LogP contribution in [0.1, 0.15) is 44.9 Å². The van der Waals surface area contributed by atoms with Crippen molar-refractivity contribution in [3.63, 3.8) is 0 Å². The lowest BCUT2D eigenvalue weighted by molar-refractivity contribution is 0.413. The normalized spacial score (nSPS) is 12.0. The van der Waals surface area contributed by atoms with Crippen LogP contribution in [0.4, 0.5) is 0 Å². The van der Waals surface area contributed by atoms with Crippen LogP contribution in [-0.2, 0) is 12.8 Å². The second-order valence-electron chi connectivity index (χ2n) is 5.90. The van der Waals surface area contributed by atoms with Gasteiger partial charge in [-0.25, -0.2) is 0 Å². The van der Waals surface area contributed by atoms with Crippen molar-refractivity contribution in [2.45, 2.75) is 52.5 Å². The molecule has 2 heterocycles. The summed E-state index contributed by atoms with van der Waals surface area (Å²) in [5, 5.41) is 11.7. The van der Waals surface area contributed by atoms with Crippen molar-refractivity contribution >= 4 is 11.3 Å². The molecule has 5 heteroatoms. The molecule has 1 N–H and O–H groups in total. The first-order valence-electron chi connectivity index (χ1n) is 7.14. The van der Waals surface area contributed by atoms with Crippen LogP contribution in [0.15, 0.2) is 16.5 Å². The predicted molar refractivity (Wildman–Crippen MR) is 83.1 cm³/mol. The summed E-state index contributed by atoms with van der Waals surface area (Å²) in [6.07, 6.45) is 2.87. The van der Waals surface area contributed by atoms with Crippen LogP contribution in [0.5, 0.6) is 0 Å². The summed E-state index contributed by atoms with van der Waals surface area (Å²) in [5.41, 5.74) is 0.160. The van der Waals surface area contributed by atoms with Gasteiger partial charge in [-0.15, -0.1) is 21.5 Å². The van der Waals surface area contributed by atoms with Gasteiger partial charge in [-0.1, -0.05) is 6.92 Å². The van der Waals surface area contributed by atoms with Crippen molar-refractivity contribution in [3.8, 4) is 10.8 Å². The summed E-state index contributed by atoms with van der Waals surface area (Å²) >= 11 is 1.72. The molecule has 0 aliphatic carbocycles. The molecule has 2 aromatic heterocycles. The molecule has 0 aromatic carbocycles. The van der Waals surface area contributed by atoms with Crippen molar-refractivity contribution in [1.29, 1.82) is 0 Å². The largest absolute Gasteiger partial charge is 0.420 e. The van der Waals surface area contributed by atoms with Gasteiger partial charge in [0.1, 0.15) is 0 Å². The molecule has 0 bridgehead atoms. The maximum Gasteiger partial charge on any atom is 0.257 e. The second-order valence-corrected chi connectivity index (χ2v) is 7.07. The average Bonchev–Trinajstić information content (AvgIpc) is 3.02. The molecule has 4 nitrogen and oxygen atoms in total. The molecule has 110 valence electrons. The Hall–Kier alpha value is -1.20. The topological polar surface area (TPSA) is 51.0 Å². The fourth-order valence-electron chi connectivity index (χ4n) is 1.84. The van der Waals surface area contributed by atoms with Gasteiger partial charge in [0.2, 0.25) is 5.89 Å². The van der Waals surface area contributed by atoms with Crippen LogP contribution in [0.3, 0.4) is 0 Å². The number of hydrogen-bond donors (Lipinski definition) is 1. The van der Waals surface area contributed by atoms with E-state index in [0.29, 0.717) is 5.89 Å². The zero-order valence-electron chi connectivity index (χ0n) is 12.7. The SMILES string of the molecule is CCc1ccc(-c2nnc(CCCNC(C)(C)C)o2)s1. The van der Waals surface area contributed by atoms with Crippen molar-refractivity contribution in [3.05, 3.63) is 22.9 Å². The van der Waals surface area contributed by atoms with Gasteiger partial charge in [0.25, 0.3) is 5.89 Å². The van der Waals surface area contributed by atoms with Crippen molar-refractivity contribution < 1.29 is 4.42 Å². The summed E-state index contributed by atoms with van der Waals surface area (Å²) in [7, 11) is 0. The van der Waals surface area contributed by atoms with E-state index in [1.807, 2.05) is 0 Å². The number of thiophene rings is 1. The molecule has 0 saturated heterocycles. The Morgan fingerprint density at radius 2 is 2.05 bits per heavy atom. The Kier molecular flexibility index (Phi) is 4.94. The third-order valence-electron chi connectivity index (χ3n) is 2.91. The molecule has 0 unspecified atom stereocenters. The highest BCUT2D eigenvalue weighted by Gasteiger charge is 2.11. The standard InChI is InChI=1S/C15H23N3OS/c1-5-11-8-9-12(20-11)14-18-17-13(19-14)7-6-10-16-15(2,3)4/h8-9,16H,5-7,10H2,1-4H3. The van der Waals surface area contributed by atoms with Crippen LogP contribution >= 0.6 is 11.3 Å². The van der Waals surface area contributed by atoms with E-state index in [2.05, 4.69) is 55.3 Å². The van der Waals surface area contributed by atoms with E-state index in [0.717, 1.165) is 36.6 Å². The molecule has 0 saturated carbocycles. The molecule has 0 aliphatic heterocycles. The summed E-state index contributed by atoms with van der Waals surface area (Å²) in [6.45, 7) is 9.61. The Morgan fingerprint density at radius 3 is 2.70 bits per heavy atom. The lowest BCUT2D eigenvalue weighted by Crippen LogP contribution is -2.36. The van der Waals surface area contributed by atoms with Gasteiger partial charge in [0, 0.05) is 16.8 Å². The average molecular weight is 293 g/mol. The minimum Gasteiger partial charge on any atom is -0.420 e. The first-order chi connectivity index (χ1) is 9.48. The molecule has 0 atom stereocenters. The van der Waals surface area contributed by atoms with E-state index in [1.54, 1.807) is 11.3 Å². The first-order valence-corrected chi connectivity index (χ1v) is 7.96. The summed E-state index contributed by atoms with van der Waals surface area (Å²) < 4.78 is 5.72. The summed E-state index contributed by atoms with van der Waals surface area (Å²) in [4.78, 5) is 2.41. The zero-order chi connectivity index (χ0) is 14.6. The summed E-state index contributed by atoms with van der Waals surface area (Å²) in [6, 6.07) is 4.18. The Bertz CT molecular complexity index is 539. The Labute approximate surface area is 124 Å². The number of aryl methyl sites for hydroxylation is 2. The number of nitrogens with zero attached hydrogens (tertiary/aromatic N) is 2. The number of hydrogen-bond acceptors (Lipinski definition) is 5. The maximum atomic E-state index is 5.72. The quantitative estimate of drug-likeness (QED) is 0.825. The summed E-state index contributed by atoms with van der Waals surface area (Å²) in [5.74, 6) is 1.37. The van der Waals surface area contributed by atoms with Gasteiger partial charge < -0.3 is 9.73 Å². The van der Waals surface area contributed by atoms with E-state index < -0.39 is 0 Å². The highest BCUT2D eigenvalue weighted by Crippen LogP contribution is 2.27. The van der Waals surface area contributed by atoms with E-state index in [9.17, 15) is 0 Å². The Morgan fingerprint density at radius 1 is 1.25 bits per heavy atom. The van der Waals surface area contributed by atoms with E-state index >= 15 is 0 Å². The highest BCUT2D eigenvalue weighted by atomic mass is 32.1. The monoisotopic (exact) mass is 293 g/mol. The van der Waals surface area contributed by atoms with Crippen LogP contribution in [0, 0.1) is 0 Å². The fourth-order valence-corrected chi connectivity index (χ4v) is 2.71. The molecule has 20 heavy (non-hydrogen) atoms. The maximum absolute atomic E-state index is 5.72. The van der Waals surface area contributed by atoms with Gasteiger partial charge in [-0.3, -0.25) is 0 Å². The van der Waals surface area contributed by atoms with E-state index in [-0.39, 0.29) is 5.54 Å². The third kappa shape index (κ3) is 4.42. The van der Waals surface area contributed by atoms with Crippen LogP contribution in [0.2, 0.25) is 0 Å². The number of aromatic nitrogens is 2. The fraction of sp³-hybridized carbons (Fsp3) is 0.600. The molecule has 2 rings (SSSR count). The molecule has 2 aromatic rings. The zero-order valence-corrected chi connectivity index (χ0v) is 13.5. The molecule has 0 amide bonds. The van der Waals surface area contributed by atoms with Gasteiger partial charge in [0.15, 0.2) is 0 Å². The van der Waals surface area contributed by atoms with E-state index in [1.165, 1.54) is 4.88 Å². The van der Waals surface area contributed by atoms with Gasteiger partial charge in [-0.2, -0.15) is 0 Å². The van der Waals surface area contributed by atoms with Gasteiger partial charge in [0.05, 0.1) is 4.88 Å². The smallest absolute Gasteiger partial charge is 0.257 e. The molecular weight excluding hydrogens is 270 g/mol. The minimum atomic E-state index is 0.160. The molecule has 0 fully saturated rings. The predicted octanol–water partition coefficient (Wildman–Crippen LogP) is 3.68. The van der Waals surface area contributed by atoms with Gasteiger partial charge >= 0.3 is 0 Å². The van der Waals surface area contributed by atoms with Crippen LogP contribution < -0.4 is 5.32 Å². The lowest BCUT2D eigenvalue weighted by atomic mass is 10.1. The second kappa shape index (κ2) is 6.50. The van der Waals surface area contributed by atoms with Crippen molar-refractivity contribution in [2.24, 2.45) is 0 Å². The Balaban J connectivity index is 1.86. The molecular formula is C15H23N3OS. The third-order valence-corrected chi connectivity index (χ3v) is 4.13. The van der Waals surface area contributed by atoms with Crippen LogP contribution in [0.25, 0.3) is 10.8 Å². The van der Waals surface area contributed by atoms with Gasteiger partial charge in [-0.05, 0) is 52.3 Å². The highest BCUT2D eigenvalue weighted by molar-refractivity contribution is 7.15. The molecule has 0 aliphatic rings. The molecule has 0 spiro atoms. The van der Waals surface area contributed by atoms with E-state index in [4.69, 9.17) is 4.42 Å². The number of rotatable bonds is 6. The van der Waals surface area contributed by atoms with Crippen molar-refractivity contribution in [1.82, 2.24) is 15.5 Å². The van der Waals surface area contributed by atoms with Crippen molar-refractivity contribution in [2.75, 3.05) is 6.54 Å². The molecule has 0 radical (unpaired) electrons. The lowest BCUT2D eigenvalue weighted by Gasteiger charge is -2.19. The first kappa shape index (κ1) is 15.2. The number of nitrogens with one attached hydrogen (secondary N) is 1. The van der Waals surface area contributed by atoms with Crippen LogP contribution in [-0.4, -0.2) is 22.3 Å². The minimum absolute atomic E-state index is 0.160.